The Bertz CT molecular complexity index is 504. The Kier molecular flexibility index (Phi) is 3.17. The number of hydrogen-bond acceptors (Lipinski definition) is 3. The summed E-state index contributed by atoms with van der Waals surface area (Å²) in [4.78, 5) is 0.680. The van der Waals surface area contributed by atoms with Gasteiger partial charge in [0.1, 0.15) is 0 Å². The number of aliphatic hydroxyl groups is 1. The maximum absolute atomic E-state index is 12.3. The minimum absolute atomic E-state index is 0.113. The van der Waals surface area contributed by atoms with Crippen LogP contribution in [0.1, 0.15) is 10.4 Å². The number of alkyl halides is 3. The Hall–Kier alpha value is -1.40. The largest absolute Gasteiger partial charge is 0.416 e. The highest BCUT2D eigenvalue weighted by Crippen LogP contribution is 2.31. The standard InChI is InChI=1S/C11H8F3NOS/c12-11(13,14)8-3-1-7(2-4-8)10-5-9(6-16)17-15-10/h1-5,16H,6H2. The molecular formula is C11H8F3NOS. The summed E-state index contributed by atoms with van der Waals surface area (Å²) in [6, 6.07) is 6.45. The number of rotatable bonds is 2. The first-order valence-electron chi connectivity index (χ1n) is 4.75. The van der Waals surface area contributed by atoms with Crippen molar-refractivity contribution in [2.45, 2.75) is 12.8 Å². The van der Waals surface area contributed by atoms with Gasteiger partial charge in [0.15, 0.2) is 0 Å². The van der Waals surface area contributed by atoms with Gasteiger partial charge in [-0.05, 0) is 29.7 Å². The van der Waals surface area contributed by atoms with Crippen LogP contribution in [0.25, 0.3) is 11.3 Å². The van der Waals surface area contributed by atoms with Gasteiger partial charge in [0.2, 0.25) is 0 Å². The topological polar surface area (TPSA) is 33.1 Å². The van der Waals surface area contributed by atoms with E-state index in [1.807, 2.05) is 0 Å². The molecule has 2 nitrogen and oxygen atoms in total. The molecule has 0 aliphatic heterocycles. The van der Waals surface area contributed by atoms with Crippen LogP contribution in [0.3, 0.4) is 0 Å². The second-order valence-electron chi connectivity index (χ2n) is 3.41. The quantitative estimate of drug-likeness (QED) is 0.897. The summed E-state index contributed by atoms with van der Waals surface area (Å²) in [5.41, 5.74) is 0.501. The Morgan fingerprint density at radius 3 is 2.29 bits per heavy atom. The molecule has 0 radical (unpaired) electrons. The highest BCUT2D eigenvalue weighted by atomic mass is 32.1. The Balaban J connectivity index is 2.29. The zero-order chi connectivity index (χ0) is 12.5. The molecule has 0 fully saturated rings. The maximum atomic E-state index is 12.3. The van der Waals surface area contributed by atoms with Gasteiger partial charge < -0.3 is 5.11 Å². The third-order valence-corrected chi connectivity index (χ3v) is 2.99. The smallest absolute Gasteiger partial charge is 0.391 e. The lowest BCUT2D eigenvalue weighted by Gasteiger charge is -2.06. The molecule has 2 rings (SSSR count). The van der Waals surface area contributed by atoms with Crippen LogP contribution < -0.4 is 0 Å². The van der Waals surface area contributed by atoms with Gasteiger partial charge in [0.05, 0.1) is 22.7 Å². The SMILES string of the molecule is OCc1cc(-c2ccc(C(F)(F)F)cc2)ns1. The fraction of sp³-hybridized carbons (Fsp3) is 0.182. The van der Waals surface area contributed by atoms with Crippen LogP contribution in [0.4, 0.5) is 13.2 Å². The molecule has 0 spiro atoms. The molecular weight excluding hydrogens is 251 g/mol. The van der Waals surface area contributed by atoms with Gasteiger partial charge in [-0.2, -0.15) is 17.5 Å². The Morgan fingerprint density at radius 1 is 1.18 bits per heavy atom. The van der Waals surface area contributed by atoms with Crippen molar-refractivity contribution in [2.75, 3.05) is 0 Å². The molecule has 2 aromatic rings. The molecule has 1 N–H and O–H groups in total. The monoisotopic (exact) mass is 259 g/mol. The molecule has 1 aromatic heterocycles. The summed E-state index contributed by atoms with van der Waals surface area (Å²) in [5.74, 6) is 0. The van der Waals surface area contributed by atoms with Crippen molar-refractivity contribution in [3.63, 3.8) is 0 Å². The van der Waals surface area contributed by atoms with Gasteiger partial charge in [0, 0.05) is 5.56 Å². The summed E-state index contributed by atoms with van der Waals surface area (Å²) in [7, 11) is 0. The third-order valence-electron chi connectivity index (χ3n) is 2.22. The van der Waals surface area contributed by atoms with Crippen molar-refractivity contribution < 1.29 is 18.3 Å². The molecule has 0 aliphatic carbocycles. The van der Waals surface area contributed by atoms with Crippen LogP contribution >= 0.6 is 11.5 Å². The molecule has 0 aliphatic rings. The molecule has 0 saturated heterocycles. The summed E-state index contributed by atoms with van der Waals surface area (Å²) >= 11 is 1.13. The van der Waals surface area contributed by atoms with E-state index in [-0.39, 0.29) is 6.61 Å². The van der Waals surface area contributed by atoms with Crippen LogP contribution in [0.15, 0.2) is 30.3 Å². The van der Waals surface area contributed by atoms with Gasteiger partial charge in [-0.25, -0.2) is 0 Å². The first-order chi connectivity index (χ1) is 8.00. The number of benzene rings is 1. The van der Waals surface area contributed by atoms with Gasteiger partial charge in [-0.15, -0.1) is 0 Å². The van der Waals surface area contributed by atoms with Crippen molar-refractivity contribution in [3.05, 3.63) is 40.8 Å². The first-order valence-corrected chi connectivity index (χ1v) is 5.52. The van der Waals surface area contributed by atoms with Crippen LogP contribution in [0.2, 0.25) is 0 Å². The number of aliphatic hydroxyl groups excluding tert-OH is 1. The van der Waals surface area contributed by atoms with E-state index in [0.29, 0.717) is 16.1 Å². The summed E-state index contributed by atoms with van der Waals surface area (Å²) in [6.07, 6.45) is -4.32. The number of nitrogens with zero attached hydrogens (tertiary/aromatic N) is 1. The van der Waals surface area contributed by atoms with Crippen LogP contribution in [0.5, 0.6) is 0 Å². The minimum atomic E-state index is -4.32. The molecule has 1 heterocycles. The number of halogens is 3. The number of hydrogen-bond donors (Lipinski definition) is 1. The summed E-state index contributed by atoms with van der Waals surface area (Å²) < 4.78 is 41.1. The minimum Gasteiger partial charge on any atom is -0.391 e. The van der Waals surface area contributed by atoms with Gasteiger partial charge in [-0.1, -0.05) is 12.1 Å². The Morgan fingerprint density at radius 2 is 1.82 bits per heavy atom. The zero-order valence-electron chi connectivity index (χ0n) is 8.53. The average molecular weight is 259 g/mol. The highest BCUT2D eigenvalue weighted by Gasteiger charge is 2.30. The second kappa shape index (κ2) is 4.46. The van der Waals surface area contributed by atoms with Crippen LogP contribution in [0, 0.1) is 0 Å². The second-order valence-corrected chi connectivity index (χ2v) is 4.30. The molecule has 1 aromatic carbocycles. The predicted molar refractivity (Wildman–Crippen MR) is 58.5 cm³/mol. The van der Waals surface area contributed by atoms with Crippen molar-refractivity contribution in [1.82, 2.24) is 4.37 Å². The molecule has 0 amide bonds. The molecule has 6 heteroatoms. The van der Waals surface area contributed by atoms with Crippen LogP contribution in [-0.4, -0.2) is 9.48 Å². The fourth-order valence-electron chi connectivity index (χ4n) is 1.35. The predicted octanol–water partition coefficient (Wildman–Crippen LogP) is 3.32. The molecule has 0 bridgehead atoms. The summed E-state index contributed by atoms with van der Waals surface area (Å²) in [6.45, 7) is -0.113. The van der Waals surface area contributed by atoms with E-state index < -0.39 is 11.7 Å². The normalized spacial score (nSPS) is 11.8. The van der Waals surface area contributed by atoms with Crippen molar-refractivity contribution in [3.8, 4) is 11.3 Å². The first kappa shape index (κ1) is 12.1. The van der Waals surface area contributed by atoms with Crippen molar-refractivity contribution in [2.24, 2.45) is 0 Å². The molecule has 17 heavy (non-hydrogen) atoms. The van der Waals surface area contributed by atoms with Crippen LogP contribution in [-0.2, 0) is 12.8 Å². The lowest BCUT2D eigenvalue weighted by Crippen LogP contribution is -2.03. The van der Waals surface area contributed by atoms with Gasteiger partial charge in [0.25, 0.3) is 0 Å². The van der Waals surface area contributed by atoms with E-state index >= 15 is 0 Å². The van der Waals surface area contributed by atoms with E-state index in [9.17, 15) is 13.2 Å². The maximum Gasteiger partial charge on any atom is 0.416 e. The fourth-order valence-corrected chi connectivity index (χ4v) is 1.95. The summed E-state index contributed by atoms with van der Waals surface area (Å²) in [5, 5.41) is 8.87. The Labute approximate surface area is 99.5 Å². The third kappa shape index (κ3) is 2.65. The lowest BCUT2D eigenvalue weighted by atomic mass is 10.1. The van der Waals surface area contributed by atoms with Gasteiger partial charge >= 0.3 is 6.18 Å². The van der Waals surface area contributed by atoms with Gasteiger partial charge in [-0.3, -0.25) is 0 Å². The van der Waals surface area contributed by atoms with Crippen molar-refractivity contribution in [1.29, 1.82) is 0 Å². The molecule has 90 valence electrons. The van der Waals surface area contributed by atoms with E-state index in [2.05, 4.69) is 4.37 Å². The highest BCUT2D eigenvalue weighted by molar-refractivity contribution is 7.06. The van der Waals surface area contributed by atoms with E-state index in [4.69, 9.17) is 5.11 Å². The van der Waals surface area contributed by atoms with E-state index in [0.717, 1.165) is 23.7 Å². The average Bonchev–Trinajstić information content (AvgIpc) is 2.76. The zero-order valence-corrected chi connectivity index (χ0v) is 9.35. The molecule has 0 atom stereocenters. The lowest BCUT2D eigenvalue weighted by molar-refractivity contribution is -0.137. The van der Waals surface area contributed by atoms with Crippen molar-refractivity contribution >= 4 is 11.5 Å². The molecule has 0 unspecified atom stereocenters. The molecule has 0 saturated carbocycles. The number of aromatic nitrogens is 1. The van der Waals surface area contributed by atoms with E-state index in [1.54, 1.807) is 6.07 Å². The van der Waals surface area contributed by atoms with E-state index in [1.165, 1.54) is 12.1 Å².